The van der Waals surface area contributed by atoms with Gasteiger partial charge in [-0.25, -0.2) is 4.98 Å². The van der Waals surface area contributed by atoms with Gasteiger partial charge >= 0.3 is 0 Å². The first-order chi connectivity index (χ1) is 10.1. The lowest BCUT2D eigenvalue weighted by Gasteiger charge is -2.10. The number of thiazole rings is 1. The molecule has 1 aromatic heterocycles. The van der Waals surface area contributed by atoms with Gasteiger partial charge in [-0.1, -0.05) is 23.9 Å². The lowest BCUT2D eigenvalue weighted by atomic mass is 10.2. The van der Waals surface area contributed by atoms with Crippen LogP contribution in [0.4, 0.5) is 0 Å². The second-order valence-electron chi connectivity index (χ2n) is 4.58. The molecule has 1 N–H and O–H groups in total. The summed E-state index contributed by atoms with van der Waals surface area (Å²) in [7, 11) is 1.63. The Labute approximate surface area is 132 Å². The maximum absolute atomic E-state index is 12.1. The van der Waals surface area contributed by atoms with E-state index in [4.69, 9.17) is 4.74 Å². The van der Waals surface area contributed by atoms with Crippen LogP contribution in [0.5, 0.6) is 5.75 Å². The fourth-order valence-corrected chi connectivity index (χ4v) is 3.68. The molecule has 1 atom stereocenters. The molecule has 1 heterocycles. The monoisotopic (exact) mass is 322 g/mol. The molecule has 0 aliphatic rings. The predicted octanol–water partition coefficient (Wildman–Crippen LogP) is 3.26. The highest BCUT2D eigenvalue weighted by Crippen LogP contribution is 2.26. The van der Waals surface area contributed by atoms with Crippen molar-refractivity contribution in [2.45, 2.75) is 30.0 Å². The van der Waals surface area contributed by atoms with E-state index in [-0.39, 0.29) is 11.2 Å². The predicted molar refractivity (Wildman–Crippen MR) is 87.0 cm³/mol. The molecule has 112 valence electrons. The number of carbonyl (C=O) groups is 1. The number of nitrogens with zero attached hydrogens (tertiary/aromatic N) is 1. The van der Waals surface area contributed by atoms with Gasteiger partial charge in [0.15, 0.2) is 4.34 Å². The van der Waals surface area contributed by atoms with Crippen molar-refractivity contribution >= 4 is 29.0 Å². The number of benzene rings is 1. The van der Waals surface area contributed by atoms with Crippen LogP contribution >= 0.6 is 23.1 Å². The van der Waals surface area contributed by atoms with Gasteiger partial charge in [-0.15, -0.1) is 11.3 Å². The molecule has 0 aliphatic carbocycles. The first-order valence-electron chi connectivity index (χ1n) is 6.58. The Morgan fingerprint density at radius 2 is 2.14 bits per heavy atom. The SMILES string of the molecule is COc1ccc(CNC(=O)[C@H](C)Sc2nc(C)cs2)cc1. The van der Waals surface area contributed by atoms with Crippen molar-refractivity contribution in [3.8, 4) is 5.75 Å². The molecule has 0 saturated heterocycles. The van der Waals surface area contributed by atoms with Gasteiger partial charge in [-0.2, -0.15) is 0 Å². The zero-order valence-electron chi connectivity index (χ0n) is 12.3. The smallest absolute Gasteiger partial charge is 0.233 e. The number of aryl methyl sites for hydroxylation is 1. The average molecular weight is 322 g/mol. The first-order valence-corrected chi connectivity index (χ1v) is 8.34. The van der Waals surface area contributed by atoms with Crippen molar-refractivity contribution in [1.82, 2.24) is 10.3 Å². The molecule has 0 aliphatic heterocycles. The average Bonchev–Trinajstić information content (AvgIpc) is 2.90. The zero-order valence-corrected chi connectivity index (χ0v) is 13.9. The number of aromatic nitrogens is 1. The van der Waals surface area contributed by atoms with Crippen LogP contribution in [-0.4, -0.2) is 23.3 Å². The number of carbonyl (C=O) groups excluding carboxylic acids is 1. The van der Waals surface area contributed by atoms with Crippen molar-refractivity contribution in [1.29, 1.82) is 0 Å². The van der Waals surface area contributed by atoms with Gasteiger partial charge in [0.05, 0.1) is 12.4 Å². The summed E-state index contributed by atoms with van der Waals surface area (Å²) in [5.41, 5.74) is 2.04. The molecule has 21 heavy (non-hydrogen) atoms. The number of hydrogen-bond donors (Lipinski definition) is 1. The van der Waals surface area contributed by atoms with Crippen LogP contribution in [0.3, 0.4) is 0 Å². The standard InChI is InChI=1S/C15H18N2O2S2/c1-10-9-20-15(17-10)21-11(2)14(18)16-8-12-4-6-13(19-3)7-5-12/h4-7,9,11H,8H2,1-3H3,(H,16,18)/t11-/m0/s1. The van der Waals surface area contributed by atoms with Crippen LogP contribution in [0.2, 0.25) is 0 Å². The molecule has 0 radical (unpaired) electrons. The summed E-state index contributed by atoms with van der Waals surface area (Å²) in [6.45, 7) is 4.37. The molecule has 6 heteroatoms. The number of rotatable bonds is 6. The summed E-state index contributed by atoms with van der Waals surface area (Å²) >= 11 is 3.06. The zero-order chi connectivity index (χ0) is 15.2. The van der Waals surface area contributed by atoms with E-state index in [1.165, 1.54) is 11.8 Å². The molecule has 0 fully saturated rings. The van der Waals surface area contributed by atoms with Crippen LogP contribution in [0, 0.1) is 6.92 Å². The Morgan fingerprint density at radius 1 is 1.43 bits per heavy atom. The van der Waals surface area contributed by atoms with Crippen molar-refractivity contribution in [3.05, 3.63) is 40.9 Å². The van der Waals surface area contributed by atoms with Crippen LogP contribution in [0.1, 0.15) is 18.2 Å². The Hall–Kier alpha value is -1.53. The van der Waals surface area contributed by atoms with Crippen LogP contribution < -0.4 is 10.1 Å². The molecule has 0 unspecified atom stereocenters. The van der Waals surface area contributed by atoms with Gasteiger partial charge < -0.3 is 10.1 Å². The third kappa shape index (κ3) is 4.75. The molecule has 0 saturated carbocycles. The molecule has 0 spiro atoms. The maximum Gasteiger partial charge on any atom is 0.233 e. The van der Waals surface area contributed by atoms with E-state index >= 15 is 0 Å². The van der Waals surface area contributed by atoms with Gasteiger partial charge in [-0.3, -0.25) is 4.79 Å². The summed E-state index contributed by atoms with van der Waals surface area (Å²) in [5, 5.41) is 4.77. The molecule has 2 aromatic rings. The van der Waals surface area contributed by atoms with E-state index in [1.807, 2.05) is 43.5 Å². The lowest BCUT2D eigenvalue weighted by Crippen LogP contribution is -2.30. The second kappa shape index (κ2) is 7.47. The Morgan fingerprint density at radius 3 is 2.71 bits per heavy atom. The van der Waals surface area contributed by atoms with E-state index in [0.29, 0.717) is 6.54 Å². The fraction of sp³-hybridized carbons (Fsp3) is 0.333. The fourth-order valence-electron chi connectivity index (χ4n) is 1.67. The molecular formula is C15H18N2O2S2. The van der Waals surface area contributed by atoms with Crippen LogP contribution in [-0.2, 0) is 11.3 Å². The van der Waals surface area contributed by atoms with E-state index in [2.05, 4.69) is 10.3 Å². The third-order valence-electron chi connectivity index (χ3n) is 2.87. The van der Waals surface area contributed by atoms with Crippen molar-refractivity contribution < 1.29 is 9.53 Å². The highest BCUT2D eigenvalue weighted by molar-refractivity contribution is 8.02. The highest BCUT2D eigenvalue weighted by atomic mass is 32.2. The number of nitrogens with one attached hydrogen (secondary N) is 1. The minimum atomic E-state index is -0.159. The quantitative estimate of drug-likeness (QED) is 0.830. The number of thioether (sulfide) groups is 1. The normalized spacial score (nSPS) is 12.0. The summed E-state index contributed by atoms with van der Waals surface area (Å²) in [6.07, 6.45) is 0. The molecule has 2 rings (SSSR count). The Bertz CT molecular complexity index is 596. The number of amides is 1. The number of ether oxygens (including phenoxy) is 1. The van der Waals surface area contributed by atoms with Gasteiger partial charge in [-0.05, 0) is 31.5 Å². The number of methoxy groups -OCH3 is 1. The molecule has 1 aromatic carbocycles. The summed E-state index contributed by atoms with van der Waals surface area (Å²) in [6, 6.07) is 7.66. The van der Waals surface area contributed by atoms with Gasteiger partial charge in [0.1, 0.15) is 5.75 Å². The van der Waals surface area contributed by atoms with Gasteiger partial charge in [0, 0.05) is 17.6 Å². The van der Waals surface area contributed by atoms with Crippen LogP contribution in [0.25, 0.3) is 0 Å². The van der Waals surface area contributed by atoms with E-state index < -0.39 is 0 Å². The topological polar surface area (TPSA) is 51.2 Å². The summed E-state index contributed by atoms with van der Waals surface area (Å²) in [4.78, 5) is 16.4. The molecule has 0 bridgehead atoms. The first kappa shape index (κ1) is 15.9. The van der Waals surface area contributed by atoms with E-state index in [0.717, 1.165) is 21.3 Å². The number of hydrogen-bond acceptors (Lipinski definition) is 5. The summed E-state index contributed by atoms with van der Waals surface area (Å²) < 4.78 is 6.04. The summed E-state index contributed by atoms with van der Waals surface area (Å²) in [5.74, 6) is 0.830. The van der Waals surface area contributed by atoms with Gasteiger partial charge in [0.25, 0.3) is 0 Å². The molecular weight excluding hydrogens is 304 g/mol. The second-order valence-corrected chi connectivity index (χ2v) is 7.03. The molecule has 1 amide bonds. The van der Waals surface area contributed by atoms with Crippen molar-refractivity contribution in [2.24, 2.45) is 0 Å². The minimum Gasteiger partial charge on any atom is -0.497 e. The van der Waals surface area contributed by atoms with E-state index in [1.54, 1.807) is 18.4 Å². The molecule has 4 nitrogen and oxygen atoms in total. The lowest BCUT2D eigenvalue weighted by molar-refractivity contribution is -0.120. The largest absolute Gasteiger partial charge is 0.497 e. The highest BCUT2D eigenvalue weighted by Gasteiger charge is 2.15. The van der Waals surface area contributed by atoms with E-state index in [9.17, 15) is 4.79 Å². The maximum atomic E-state index is 12.1. The van der Waals surface area contributed by atoms with Crippen molar-refractivity contribution in [3.63, 3.8) is 0 Å². The third-order valence-corrected chi connectivity index (χ3v) is 5.06. The Kier molecular flexibility index (Phi) is 5.64. The minimum absolute atomic E-state index is 0.0173. The van der Waals surface area contributed by atoms with Crippen LogP contribution in [0.15, 0.2) is 34.0 Å². The van der Waals surface area contributed by atoms with Gasteiger partial charge in [0.2, 0.25) is 5.91 Å². The van der Waals surface area contributed by atoms with Crippen molar-refractivity contribution in [2.75, 3.05) is 7.11 Å². The Balaban J connectivity index is 1.82.